The van der Waals surface area contributed by atoms with Gasteiger partial charge in [-0.3, -0.25) is 0 Å². The molecule has 1 aromatic carbocycles. The van der Waals surface area contributed by atoms with Crippen molar-refractivity contribution >= 4 is 35.1 Å². The van der Waals surface area contributed by atoms with Gasteiger partial charge in [0.05, 0.1) is 31.6 Å². The van der Waals surface area contributed by atoms with Crippen LogP contribution in [0.1, 0.15) is 30.4 Å². The van der Waals surface area contributed by atoms with Gasteiger partial charge in [0.2, 0.25) is 5.95 Å². The van der Waals surface area contributed by atoms with Gasteiger partial charge < -0.3 is 35.9 Å². The second-order valence-corrected chi connectivity index (χ2v) is 10.4. The van der Waals surface area contributed by atoms with Crippen LogP contribution >= 0.6 is 11.6 Å². The zero-order valence-electron chi connectivity index (χ0n) is 21.7. The zero-order chi connectivity index (χ0) is 26.6. The first kappa shape index (κ1) is 26.5. The van der Waals surface area contributed by atoms with Crippen LogP contribution in [-0.2, 0) is 22.3 Å². The van der Waals surface area contributed by atoms with Crippen molar-refractivity contribution in [2.45, 2.75) is 50.3 Å². The average molecular weight is 543 g/mol. The Balaban J connectivity index is 1.32. The predicted molar refractivity (Wildman–Crippen MR) is 146 cm³/mol. The molecule has 1 heterocycles. The molecule has 3 aliphatic rings. The minimum Gasteiger partial charge on any atom is -0.494 e. The second-order valence-electron chi connectivity index (χ2n) is 10.0. The SMILES string of the molecule is COCCNC1CCc2ccc(Nc3ncc(Cl)c(N[C@H]4[C@@H](OC(N)=O)[C@@H]5C=C[C@H]4C5)n3)c(OC)c2CC1. The van der Waals surface area contributed by atoms with Crippen LogP contribution in [-0.4, -0.2) is 61.6 Å². The molecule has 38 heavy (non-hydrogen) atoms. The second kappa shape index (κ2) is 11.8. The summed E-state index contributed by atoms with van der Waals surface area (Å²) in [5, 5.41) is 10.7. The van der Waals surface area contributed by atoms with Crippen molar-refractivity contribution in [3.8, 4) is 5.75 Å². The minimum absolute atomic E-state index is 0.127. The standard InChI is InChI=1S/C27H35ClN6O4/c1-36-12-11-30-18-7-5-15-6-10-21(24(37-2)19(15)9-8-18)32-27-31-14-20(28)25(34-27)33-22-16-3-4-17(13-16)23(22)38-26(29)35/h3-4,6,10,14,16-18,22-23,30H,5,7-9,11-13H2,1-2H3,(H2,29,35)(H2,31,32,33,34)/t16-,17+,18?,22+,23-/m0/s1. The summed E-state index contributed by atoms with van der Waals surface area (Å²) in [6.45, 7) is 1.55. The zero-order valence-corrected chi connectivity index (χ0v) is 22.5. The summed E-state index contributed by atoms with van der Waals surface area (Å²) in [5.74, 6) is 1.98. The van der Waals surface area contributed by atoms with Gasteiger partial charge in [0.25, 0.3) is 0 Å². The first-order valence-electron chi connectivity index (χ1n) is 13.1. The molecule has 5 atom stereocenters. The third kappa shape index (κ3) is 5.67. The minimum atomic E-state index is -0.786. The Kier molecular flexibility index (Phi) is 8.21. The van der Waals surface area contributed by atoms with E-state index in [4.69, 9.17) is 31.5 Å². The number of aromatic nitrogens is 2. The number of anilines is 3. The van der Waals surface area contributed by atoms with Crippen LogP contribution in [0.3, 0.4) is 0 Å². The molecular weight excluding hydrogens is 508 g/mol. The van der Waals surface area contributed by atoms with Gasteiger partial charge in [-0.05, 0) is 49.3 Å². The number of aryl methyl sites for hydroxylation is 1. The monoisotopic (exact) mass is 542 g/mol. The smallest absolute Gasteiger partial charge is 0.404 e. The van der Waals surface area contributed by atoms with Crippen LogP contribution in [0.25, 0.3) is 0 Å². The first-order valence-corrected chi connectivity index (χ1v) is 13.5. The van der Waals surface area contributed by atoms with E-state index in [9.17, 15) is 4.79 Å². The fourth-order valence-electron chi connectivity index (χ4n) is 5.94. The maximum Gasteiger partial charge on any atom is 0.404 e. The Morgan fingerprint density at radius 1 is 1.18 bits per heavy atom. The molecule has 1 saturated carbocycles. The maximum atomic E-state index is 11.5. The Bertz CT molecular complexity index is 1190. The molecule has 0 spiro atoms. The van der Waals surface area contributed by atoms with Gasteiger partial charge in [0.15, 0.2) is 5.82 Å². The highest BCUT2D eigenvalue weighted by atomic mass is 35.5. The molecule has 0 aliphatic heterocycles. The lowest BCUT2D eigenvalue weighted by molar-refractivity contribution is 0.0853. The van der Waals surface area contributed by atoms with E-state index in [0.717, 1.165) is 50.1 Å². The number of nitrogens with two attached hydrogens (primary N) is 1. The number of amides is 1. The van der Waals surface area contributed by atoms with Crippen LogP contribution in [0.5, 0.6) is 5.75 Å². The molecule has 2 aromatic rings. The topological polar surface area (TPSA) is 133 Å². The summed E-state index contributed by atoms with van der Waals surface area (Å²) < 4.78 is 16.5. The van der Waals surface area contributed by atoms with Crippen LogP contribution in [0, 0.1) is 11.8 Å². The molecule has 0 saturated heterocycles. The highest BCUT2D eigenvalue weighted by molar-refractivity contribution is 6.32. The number of hydrogen-bond donors (Lipinski definition) is 4. The molecule has 1 fully saturated rings. The van der Waals surface area contributed by atoms with E-state index in [1.807, 2.05) is 6.07 Å². The average Bonchev–Trinajstić information content (AvgIpc) is 3.43. The third-order valence-electron chi connectivity index (χ3n) is 7.74. The summed E-state index contributed by atoms with van der Waals surface area (Å²) in [6.07, 6.45) is 9.48. The van der Waals surface area contributed by atoms with Crippen LogP contribution < -0.4 is 26.4 Å². The number of carbonyl (C=O) groups is 1. The van der Waals surface area contributed by atoms with Gasteiger partial charge in [0, 0.05) is 31.5 Å². The molecule has 1 unspecified atom stereocenters. The lowest BCUT2D eigenvalue weighted by atomic mass is 9.98. The van der Waals surface area contributed by atoms with Crippen molar-refractivity contribution in [2.24, 2.45) is 17.6 Å². The molecule has 1 amide bonds. The third-order valence-corrected chi connectivity index (χ3v) is 8.02. The van der Waals surface area contributed by atoms with Crippen molar-refractivity contribution in [2.75, 3.05) is 38.0 Å². The molecular formula is C27H35ClN6O4. The predicted octanol–water partition coefficient (Wildman–Crippen LogP) is 3.82. The number of halogens is 1. The molecule has 5 N–H and O–H groups in total. The maximum absolute atomic E-state index is 11.5. The lowest BCUT2D eigenvalue weighted by Gasteiger charge is -2.28. The lowest BCUT2D eigenvalue weighted by Crippen LogP contribution is -2.41. The van der Waals surface area contributed by atoms with Gasteiger partial charge >= 0.3 is 6.09 Å². The number of methoxy groups -OCH3 is 2. The highest BCUT2D eigenvalue weighted by Gasteiger charge is 2.47. The number of nitrogens with one attached hydrogen (secondary N) is 3. The van der Waals surface area contributed by atoms with E-state index in [1.54, 1.807) is 20.4 Å². The normalized spacial score (nSPS) is 25.5. The molecule has 3 aliphatic carbocycles. The number of primary amides is 1. The summed E-state index contributed by atoms with van der Waals surface area (Å²) in [4.78, 5) is 20.5. The van der Waals surface area contributed by atoms with Gasteiger partial charge in [-0.25, -0.2) is 9.78 Å². The molecule has 0 radical (unpaired) electrons. The van der Waals surface area contributed by atoms with Crippen molar-refractivity contribution < 1.29 is 19.0 Å². The number of fused-ring (bicyclic) bond motifs is 3. The van der Waals surface area contributed by atoms with Crippen molar-refractivity contribution in [3.63, 3.8) is 0 Å². The molecule has 10 nitrogen and oxygen atoms in total. The number of nitrogens with zero attached hydrogens (tertiary/aromatic N) is 2. The van der Waals surface area contributed by atoms with Crippen LogP contribution in [0.15, 0.2) is 30.5 Å². The fraction of sp³-hybridized carbons (Fsp3) is 0.519. The van der Waals surface area contributed by atoms with Gasteiger partial charge in [-0.2, -0.15) is 4.98 Å². The van der Waals surface area contributed by atoms with Gasteiger partial charge in [-0.1, -0.05) is 29.8 Å². The van der Waals surface area contributed by atoms with Gasteiger partial charge in [-0.15, -0.1) is 0 Å². The molecule has 1 aromatic heterocycles. The van der Waals surface area contributed by atoms with Crippen molar-refractivity contribution in [1.29, 1.82) is 0 Å². The number of ether oxygens (including phenoxy) is 3. The first-order chi connectivity index (χ1) is 18.5. The quantitative estimate of drug-likeness (QED) is 0.201. The molecule has 2 bridgehead atoms. The van der Waals surface area contributed by atoms with Crippen LogP contribution in [0.4, 0.5) is 22.2 Å². The van der Waals surface area contributed by atoms with Crippen molar-refractivity contribution in [1.82, 2.24) is 15.3 Å². The highest BCUT2D eigenvalue weighted by Crippen LogP contribution is 2.43. The van der Waals surface area contributed by atoms with Gasteiger partial charge in [0.1, 0.15) is 16.9 Å². The van der Waals surface area contributed by atoms with Crippen molar-refractivity contribution in [3.05, 3.63) is 46.6 Å². The van der Waals surface area contributed by atoms with E-state index < -0.39 is 6.09 Å². The molecule has 5 rings (SSSR count). The number of hydrogen-bond acceptors (Lipinski definition) is 9. The Morgan fingerprint density at radius 3 is 2.79 bits per heavy atom. The number of carbonyl (C=O) groups excluding carboxylic acids is 1. The Morgan fingerprint density at radius 2 is 2.00 bits per heavy atom. The fourth-order valence-corrected chi connectivity index (χ4v) is 6.08. The largest absolute Gasteiger partial charge is 0.494 e. The summed E-state index contributed by atoms with van der Waals surface area (Å²) in [7, 11) is 3.41. The van der Waals surface area contributed by atoms with E-state index in [0.29, 0.717) is 29.4 Å². The molecule has 204 valence electrons. The van der Waals surface area contributed by atoms with E-state index in [1.165, 1.54) is 11.1 Å². The van der Waals surface area contributed by atoms with E-state index in [-0.39, 0.29) is 24.0 Å². The Hall–Kier alpha value is -3.08. The summed E-state index contributed by atoms with van der Waals surface area (Å²) >= 11 is 6.46. The summed E-state index contributed by atoms with van der Waals surface area (Å²) in [6, 6.07) is 4.43. The Labute approximate surface area is 227 Å². The summed E-state index contributed by atoms with van der Waals surface area (Å²) in [5.41, 5.74) is 8.63. The number of rotatable bonds is 10. The van der Waals surface area contributed by atoms with E-state index >= 15 is 0 Å². The molecule has 11 heteroatoms. The van der Waals surface area contributed by atoms with E-state index in [2.05, 4.69) is 44.1 Å². The van der Waals surface area contributed by atoms with Crippen LogP contribution in [0.2, 0.25) is 5.02 Å². The number of benzene rings is 1.